The number of aliphatic hydroxyl groups is 1. The standard InChI is InChI=1S/C30H30F6N2O6S/c1-2-45(41,42)24-10-3-18(4-11-24)27(16-39)26-14-20(7-12-25(26)28(37)40)38-15-23(13-21(38)17-43-30(34,35)36)44-22-8-5-19(6-9-22)29(31,32)33/h3-12,14,21,23,27,39H,2,13,15-17H2,1H3,(H2,37,40)/t21-,23-,27+/m0/s1. The lowest BCUT2D eigenvalue weighted by Gasteiger charge is -2.28. The van der Waals surface area contributed by atoms with E-state index in [0.717, 1.165) is 24.3 Å². The van der Waals surface area contributed by atoms with Gasteiger partial charge in [-0.25, -0.2) is 8.42 Å². The van der Waals surface area contributed by atoms with E-state index in [9.17, 15) is 44.7 Å². The number of aliphatic hydroxyl groups excluding tert-OH is 1. The topological polar surface area (TPSA) is 119 Å². The Kier molecular flexibility index (Phi) is 10.0. The molecule has 1 heterocycles. The first-order chi connectivity index (χ1) is 21.0. The van der Waals surface area contributed by atoms with E-state index in [1.54, 1.807) is 4.90 Å². The molecule has 1 amide bonds. The number of rotatable bonds is 11. The molecule has 1 saturated heterocycles. The molecule has 0 radical (unpaired) electrons. The van der Waals surface area contributed by atoms with Gasteiger partial charge >= 0.3 is 12.5 Å². The maximum atomic E-state index is 13.0. The maximum Gasteiger partial charge on any atom is 0.522 e. The van der Waals surface area contributed by atoms with Crippen molar-refractivity contribution in [2.75, 3.05) is 30.4 Å². The molecule has 244 valence electrons. The van der Waals surface area contributed by atoms with Crippen LogP contribution in [0.15, 0.2) is 71.6 Å². The summed E-state index contributed by atoms with van der Waals surface area (Å²) in [6.45, 7) is 0.189. The molecule has 0 saturated carbocycles. The zero-order valence-corrected chi connectivity index (χ0v) is 24.6. The second-order valence-electron chi connectivity index (χ2n) is 10.4. The smallest absolute Gasteiger partial charge is 0.489 e. The van der Waals surface area contributed by atoms with Crippen LogP contribution < -0.4 is 15.4 Å². The molecule has 0 spiro atoms. The molecule has 3 atom stereocenters. The van der Waals surface area contributed by atoms with Gasteiger partial charge in [0.1, 0.15) is 11.9 Å². The first-order valence-corrected chi connectivity index (χ1v) is 15.4. The van der Waals surface area contributed by atoms with Crippen LogP contribution in [0, 0.1) is 0 Å². The summed E-state index contributed by atoms with van der Waals surface area (Å²) in [6.07, 6.45) is -10.2. The highest BCUT2D eigenvalue weighted by atomic mass is 32.2. The number of sulfone groups is 1. The van der Waals surface area contributed by atoms with Gasteiger partial charge in [0.15, 0.2) is 9.84 Å². The van der Waals surface area contributed by atoms with Crippen LogP contribution >= 0.6 is 0 Å². The minimum absolute atomic E-state index is 0.00955. The molecule has 3 aromatic rings. The van der Waals surface area contributed by atoms with Crippen molar-refractivity contribution in [1.82, 2.24) is 0 Å². The molecule has 3 N–H and O–H groups in total. The molecule has 4 rings (SSSR count). The summed E-state index contributed by atoms with van der Waals surface area (Å²) in [5, 5.41) is 10.4. The van der Waals surface area contributed by atoms with Crippen LogP contribution in [0.2, 0.25) is 0 Å². The van der Waals surface area contributed by atoms with E-state index in [0.29, 0.717) is 11.3 Å². The molecule has 1 aliphatic rings. The fourth-order valence-corrected chi connectivity index (χ4v) is 6.12. The van der Waals surface area contributed by atoms with Crippen molar-refractivity contribution in [2.45, 2.75) is 48.8 Å². The molecule has 45 heavy (non-hydrogen) atoms. The molecule has 0 bridgehead atoms. The number of hydrogen-bond acceptors (Lipinski definition) is 7. The van der Waals surface area contributed by atoms with E-state index in [1.165, 1.54) is 49.4 Å². The Morgan fingerprint density at radius 1 is 1.02 bits per heavy atom. The van der Waals surface area contributed by atoms with E-state index in [4.69, 9.17) is 10.5 Å². The Hall–Kier alpha value is -3.82. The molecule has 3 aromatic carbocycles. The molecule has 1 aliphatic heterocycles. The Morgan fingerprint density at radius 2 is 1.67 bits per heavy atom. The average molecular weight is 661 g/mol. The molecule has 1 fully saturated rings. The van der Waals surface area contributed by atoms with Gasteiger partial charge in [-0.15, -0.1) is 13.2 Å². The van der Waals surface area contributed by atoms with Gasteiger partial charge < -0.3 is 20.5 Å². The van der Waals surface area contributed by atoms with E-state index >= 15 is 0 Å². The van der Waals surface area contributed by atoms with E-state index in [1.807, 2.05) is 0 Å². The van der Waals surface area contributed by atoms with Crippen LogP contribution in [0.3, 0.4) is 0 Å². The van der Waals surface area contributed by atoms with E-state index in [-0.39, 0.29) is 40.5 Å². The monoisotopic (exact) mass is 660 g/mol. The zero-order valence-electron chi connectivity index (χ0n) is 23.8. The summed E-state index contributed by atoms with van der Waals surface area (Å²) >= 11 is 0. The number of carbonyl (C=O) groups is 1. The van der Waals surface area contributed by atoms with Crippen LogP contribution in [0.25, 0.3) is 0 Å². The third-order valence-corrected chi connectivity index (χ3v) is 9.26. The number of halogens is 6. The zero-order chi connectivity index (χ0) is 33.2. The van der Waals surface area contributed by atoms with Gasteiger partial charge in [-0.1, -0.05) is 19.1 Å². The summed E-state index contributed by atoms with van der Waals surface area (Å²) in [5.41, 5.74) is 5.79. The quantitative estimate of drug-likeness (QED) is 0.269. The number of carbonyl (C=O) groups excluding carboxylic acids is 1. The fraction of sp³-hybridized carbons (Fsp3) is 0.367. The summed E-state index contributed by atoms with van der Waals surface area (Å²) in [6, 6.07) is 13.1. The number of benzene rings is 3. The van der Waals surface area contributed by atoms with Crippen LogP contribution in [0.4, 0.5) is 32.0 Å². The van der Waals surface area contributed by atoms with Crippen molar-refractivity contribution >= 4 is 21.4 Å². The lowest BCUT2D eigenvalue weighted by molar-refractivity contribution is -0.325. The minimum Gasteiger partial charge on any atom is -0.489 e. The van der Waals surface area contributed by atoms with Crippen molar-refractivity contribution in [3.05, 3.63) is 89.0 Å². The lowest BCUT2D eigenvalue weighted by Crippen LogP contribution is -2.35. The molecular formula is C30H30F6N2O6S. The summed E-state index contributed by atoms with van der Waals surface area (Å²) < 4.78 is 112. The summed E-state index contributed by atoms with van der Waals surface area (Å²) in [5.74, 6) is -1.73. The van der Waals surface area contributed by atoms with E-state index < -0.39 is 65.1 Å². The normalized spacial score (nSPS) is 18.2. The number of anilines is 1. The van der Waals surface area contributed by atoms with Crippen molar-refractivity contribution in [2.24, 2.45) is 5.73 Å². The van der Waals surface area contributed by atoms with Crippen molar-refractivity contribution < 1.29 is 54.1 Å². The van der Waals surface area contributed by atoms with Crippen LogP contribution in [-0.2, 0) is 20.8 Å². The molecule has 15 heteroatoms. The van der Waals surface area contributed by atoms with Crippen molar-refractivity contribution in [3.63, 3.8) is 0 Å². The number of hydrogen-bond donors (Lipinski definition) is 2. The third kappa shape index (κ3) is 8.27. The molecule has 0 unspecified atom stereocenters. The number of nitrogens with zero attached hydrogens (tertiary/aromatic N) is 1. The van der Waals surface area contributed by atoms with Gasteiger partial charge in [0, 0.05) is 23.6 Å². The Morgan fingerprint density at radius 3 is 2.20 bits per heavy atom. The molecule has 8 nitrogen and oxygen atoms in total. The third-order valence-electron chi connectivity index (χ3n) is 7.51. The lowest BCUT2D eigenvalue weighted by atomic mass is 9.88. The highest BCUT2D eigenvalue weighted by Crippen LogP contribution is 2.36. The Balaban J connectivity index is 1.67. The number of primary amides is 1. The number of nitrogens with two attached hydrogens (primary N) is 1. The van der Waals surface area contributed by atoms with Crippen molar-refractivity contribution in [1.29, 1.82) is 0 Å². The minimum atomic E-state index is -4.93. The summed E-state index contributed by atoms with van der Waals surface area (Å²) in [7, 11) is -3.51. The molecule has 0 aliphatic carbocycles. The highest BCUT2D eigenvalue weighted by molar-refractivity contribution is 7.91. The second kappa shape index (κ2) is 13.3. The first-order valence-electron chi connectivity index (χ1n) is 13.7. The van der Waals surface area contributed by atoms with Crippen LogP contribution in [0.1, 0.15) is 46.3 Å². The van der Waals surface area contributed by atoms with Gasteiger partial charge in [0.25, 0.3) is 0 Å². The predicted octanol–water partition coefficient (Wildman–Crippen LogP) is 5.28. The predicted molar refractivity (Wildman–Crippen MR) is 152 cm³/mol. The Bertz CT molecular complexity index is 1600. The average Bonchev–Trinajstić information content (AvgIpc) is 3.38. The van der Waals surface area contributed by atoms with Gasteiger partial charge in [0.05, 0.1) is 42.0 Å². The maximum absolute atomic E-state index is 13.0. The first kappa shape index (κ1) is 34.1. The fourth-order valence-electron chi connectivity index (χ4n) is 5.24. The largest absolute Gasteiger partial charge is 0.522 e. The number of alkyl halides is 6. The van der Waals surface area contributed by atoms with Gasteiger partial charge in [0.2, 0.25) is 5.91 Å². The van der Waals surface area contributed by atoms with Crippen LogP contribution in [0.5, 0.6) is 5.75 Å². The van der Waals surface area contributed by atoms with Crippen LogP contribution in [-0.4, -0.2) is 63.5 Å². The van der Waals surface area contributed by atoms with Gasteiger partial charge in [-0.2, -0.15) is 13.2 Å². The molecule has 0 aromatic heterocycles. The Labute approximate surface area is 255 Å². The molecular weight excluding hydrogens is 630 g/mol. The van der Waals surface area contributed by atoms with E-state index in [2.05, 4.69) is 4.74 Å². The highest BCUT2D eigenvalue weighted by Gasteiger charge is 2.39. The van der Waals surface area contributed by atoms with Crippen molar-refractivity contribution in [3.8, 4) is 5.75 Å². The second-order valence-corrected chi connectivity index (χ2v) is 12.7. The van der Waals surface area contributed by atoms with Gasteiger partial charge in [-0.3, -0.25) is 9.53 Å². The summed E-state index contributed by atoms with van der Waals surface area (Å²) in [4.78, 5) is 14.0. The van der Waals surface area contributed by atoms with Gasteiger partial charge in [-0.05, 0) is 65.7 Å². The SMILES string of the molecule is CCS(=O)(=O)c1ccc([C@@H](CO)c2cc(N3C[C@@H](Oc4ccc(C(F)(F)F)cc4)C[C@H]3COC(F)(F)F)ccc2C(N)=O)cc1. The number of amides is 1. The number of ether oxygens (including phenoxy) is 2.